The summed E-state index contributed by atoms with van der Waals surface area (Å²) in [4.78, 5) is 0. The van der Waals surface area contributed by atoms with Crippen molar-refractivity contribution < 1.29 is 5.11 Å². The quantitative estimate of drug-likeness (QED) is 0.874. The fourth-order valence-electron chi connectivity index (χ4n) is 3.24. The molecule has 20 heavy (non-hydrogen) atoms. The van der Waals surface area contributed by atoms with Crippen LogP contribution in [0.2, 0.25) is 0 Å². The largest absolute Gasteiger partial charge is 0.393 e. The molecule has 3 atom stereocenters. The second kappa shape index (κ2) is 5.39. The molecule has 1 aliphatic rings. The van der Waals surface area contributed by atoms with Crippen molar-refractivity contribution in [1.29, 1.82) is 0 Å². The molecule has 0 amide bonds. The molecule has 2 aromatic rings. The van der Waals surface area contributed by atoms with Gasteiger partial charge in [0.25, 0.3) is 0 Å². The summed E-state index contributed by atoms with van der Waals surface area (Å²) in [6.45, 7) is 2.18. The van der Waals surface area contributed by atoms with Crippen LogP contribution in [0.15, 0.2) is 60.7 Å². The molecule has 1 saturated heterocycles. The molecule has 0 aliphatic carbocycles. The van der Waals surface area contributed by atoms with Gasteiger partial charge in [-0.05, 0) is 30.9 Å². The minimum absolute atomic E-state index is 0.181. The van der Waals surface area contributed by atoms with E-state index in [1.165, 1.54) is 11.1 Å². The SMILES string of the molecule is CC1(c2ccccc2)CC(O)CC(c2ccccc2)N1. The van der Waals surface area contributed by atoms with Crippen molar-refractivity contribution in [2.45, 2.75) is 37.5 Å². The third kappa shape index (κ3) is 2.62. The zero-order chi connectivity index (χ0) is 14.0. The Bertz CT molecular complexity index is 554. The second-order valence-corrected chi connectivity index (χ2v) is 5.90. The van der Waals surface area contributed by atoms with Crippen molar-refractivity contribution >= 4 is 0 Å². The van der Waals surface area contributed by atoms with Crippen molar-refractivity contribution in [3.8, 4) is 0 Å². The smallest absolute Gasteiger partial charge is 0.0579 e. The van der Waals surface area contributed by atoms with Gasteiger partial charge < -0.3 is 10.4 Å². The molecule has 2 heteroatoms. The third-order valence-electron chi connectivity index (χ3n) is 4.26. The maximum atomic E-state index is 10.3. The Kier molecular flexibility index (Phi) is 3.60. The lowest BCUT2D eigenvalue weighted by Gasteiger charge is -2.43. The standard InChI is InChI=1S/C18H21NO/c1-18(15-10-6-3-7-11-15)13-16(20)12-17(19-18)14-8-4-2-5-9-14/h2-11,16-17,19-20H,12-13H2,1H3. The van der Waals surface area contributed by atoms with Crippen LogP contribution in [0, 0.1) is 0 Å². The number of aliphatic hydroxyl groups is 1. The van der Waals surface area contributed by atoms with E-state index in [9.17, 15) is 5.11 Å². The minimum Gasteiger partial charge on any atom is -0.393 e. The van der Waals surface area contributed by atoms with E-state index in [0.717, 1.165) is 12.8 Å². The Hall–Kier alpha value is -1.64. The van der Waals surface area contributed by atoms with E-state index in [1.807, 2.05) is 12.1 Å². The Balaban J connectivity index is 1.90. The Morgan fingerprint density at radius 2 is 1.60 bits per heavy atom. The number of rotatable bonds is 2. The van der Waals surface area contributed by atoms with Crippen LogP contribution in [0.1, 0.15) is 36.9 Å². The van der Waals surface area contributed by atoms with Gasteiger partial charge in [0.1, 0.15) is 0 Å². The van der Waals surface area contributed by atoms with E-state index in [1.54, 1.807) is 0 Å². The van der Waals surface area contributed by atoms with E-state index in [4.69, 9.17) is 0 Å². The van der Waals surface area contributed by atoms with Crippen molar-refractivity contribution in [2.75, 3.05) is 0 Å². The van der Waals surface area contributed by atoms with E-state index in [2.05, 4.69) is 60.8 Å². The highest BCUT2D eigenvalue weighted by Gasteiger charge is 2.37. The summed E-state index contributed by atoms with van der Waals surface area (Å²) in [6, 6.07) is 21.0. The van der Waals surface area contributed by atoms with Crippen LogP contribution in [0.25, 0.3) is 0 Å². The summed E-state index contributed by atoms with van der Waals surface area (Å²) in [5.41, 5.74) is 2.30. The van der Waals surface area contributed by atoms with Crippen molar-refractivity contribution in [2.24, 2.45) is 0 Å². The number of piperidine rings is 1. The Morgan fingerprint density at radius 3 is 2.25 bits per heavy atom. The number of hydrogen-bond donors (Lipinski definition) is 2. The van der Waals surface area contributed by atoms with Gasteiger partial charge in [-0.25, -0.2) is 0 Å². The molecule has 1 aliphatic heterocycles. The zero-order valence-corrected chi connectivity index (χ0v) is 11.8. The van der Waals surface area contributed by atoms with Crippen LogP contribution in [0.3, 0.4) is 0 Å². The van der Waals surface area contributed by atoms with Crippen molar-refractivity contribution in [1.82, 2.24) is 5.32 Å². The van der Waals surface area contributed by atoms with Crippen molar-refractivity contribution in [3.63, 3.8) is 0 Å². The summed E-state index contributed by atoms with van der Waals surface area (Å²) in [5, 5.41) is 14.0. The van der Waals surface area contributed by atoms with Gasteiger partial charge in [-0.15, -0.1) is 0 Å². The number of hydrogen-bond acceptors (Lipinski definition) is 2. The molecule has 2 nitrogen and oxygen atoms in total. The maximum Gasteiger partial charge on any atom is 0.0579 e. The average Bonchev–Trinajstić information content (AvgIpc) is 2.48. The van der Waals surface area contributed by atoms with Crippen LogP contribution in [0.5, 0.6) is 0 Å². The lowest BCUT2D eigenvalue weighted by Crippen LogP contribution is -2.49. The Labute approximate surface area is 120 Å². The lowest BCUT2D eigenvalue weighted by molar-refractivity contribution is 0.0583. The zero-order valence-electron chi connectivity index (χ0n) is 11.8. The van der Waals surface area contributed by atoms with Gasteiger partial charge in [0.2, 0.25) is 0 Å². The fourth-order valence-corrected chi connectivity index (χ4v) is 3.24. The summed E-state index contributed by atoms with van der Waals surface area (Å²) in [7, 11) is 0. The second-order valence-electron chi connectivity index (χ2n) is 5.90. The molecule has 0 aromatic heterocycles. The molecule has 2 aromatic carbocycles. The van der Waals surface area contributed by atoms with Gasteiger partial charge in [0, 0.05) is 11.6 Å². The third-order valence-corrected chi connectivity index (χ3v) is 4.26. The van der Waals surface area contributed by atoms with Crippen LogP contribution in [-0.4, -0.2) is 11.2 Å². The lowest BCUT2D eigenvalue weighted by atomic mass is 9.79. The summed E-state index contributed by atoms with van der Waals surface area (Å²) < 4.78 is 0. The van der Waals surface area contributed by atoms with Crippen LogP contribution in [0.4, 0.5) is 0 Å². The van der Waals surface area contributed by atoms with E-state index in [0.29, 0.717) is 0 Å². The molecule has 0 radical (unpaired) electrons. The molecular weight excluding hydrogens is 246 g/mol. The predicted molar refractivity (Wildman–Crippen MR) is 81.4 cm³/mol. The first-order chi connectivity index (χ1) is 9.67. The highest BCUT2D eigenvalue weighted by molar-refractivity contribution is 5.28. The number of benzene rings is 2. The topological polar surface area (TPSA) is 32.3 Å². The monoisotopic (exact) mass is 267 g/mol. The summed E-state index contributed by atoms with van der Waals surface area (Å²) in [5.74, 6) is 0. The van der Waals surface area contributed by atoms with E-state index < -0.39 is 0 Å². The maximum absolute atomic E-state index is 10.3. The first kappa shape index (κ1) is 13.3. The van der Waals surface area contributed by atoms with Crippen LogP contribution >= 0.6 is 0 Å². The first-order valence-electron chi connectivity index (χ1n) is 7.24. The molecule has 104 valence electrons. The summed E-state index contributed by atoms with van der Waals surface area (Å²) >= 11 is 0. The van der Waals surface area contributed by atoms with Gasteiger partial charge >= 0.3 is 0 Å². The molecule has 2 N–H and O–H groups in total. The number of nitrogens with one attached hydrogen (secondary N) is 1. The molecule has 1 fully saturated rings. The Morgan fingerprint density at radius 1 is 1.00 bits per heavy atom. The highest BCUT2D eigenvalue weighted by Crippen LogP contribution is 2.37. The fraction of sp³-hybridized carbons (Fsp3) is 0.333. The molecule has 3 rings (SSSR count). The van der Waals surface area contributed by atoms with Gasteiger partial charge in [-0.3, -0.25) is 0 Å². The molecular formula is C18H21NO. The van der Waals surface area contributed by atoms with Gasteiger partial charge in [0.05, 0.1) is 6.10 Å². The highest BCUT2D eigenvalue weighted by atomic mass is 16.3. The molecule has 0 bridgehead atoms. The first-order valence-corrected chi connectivity index (χ1v) is 7.24. The summed E-state index contributed by atoms with van der Waals surface area (Å²) in [6.07, 6.45) is 1.25. The molecule has 0 spiro atoms. The minimum atomic E-state index is -0.272. The van der Waals surface area contributed by atoms with Gasteiger partial charge in [-0.2, -0.15) is 0 Å². The van der Waals surface area contributed by atoms with E-state index >= 15 is 0 Å². The van der Waals surface area contributed by atoms with Gasteiger partial charge in [-0.1, -0.05) is 60.7 Å². The molecule has 0 saturated carbocycles. The molecule has 1 heterocycles. The van der Waals surface area contributed by atoms with E-state index in [-0.39, 0.29) is 17.7 Å². The average molecular weight is 267 g/mol. The van der Waals surface area contributed by atoms with Gasteiger partial charge in [0.15, 0.2) is 0 Å². The molecule has 3 unspecified atom stereocenters. The predicted octanol–water partition coefficient (Wildman–Crippen LogP) is 3.39. The number of aliphatic hydroxyl groups excluding tert-OH is 1. The van der Waals surface area contributed by atoms with Crippen LogP contribution in [-0.2, 0) is 5.54 Å². The van der Waals surface area contributed by atoms with Crippen LogP contribution < -0.4 is 5.32 Å². The van der Waals surface area contributed by atoms with Crippen molar-refractivity contribution in [3.05, 3.63) is 71.8 Å². The normalized spacial score (nSPS) is 30.1.